The number of piperidine rings is 1. The molecule has 0 aliphatic carbocycles. The van der Waals surface area contributed by atoms with Crippen LogP contribution in [0.3, 0.4) is 0 Å². The molecule has 0 unspecified atom stereocenters. The molecule has 2 rings (SSSR count). The standard InChI is InChI=1S/C22H32N2O4/c1-14-10-15(2)12-17(11-14)20(26)24-9-7-8-16(13-24)19(25)23-18(21(27)28-6)22(3,4)5/h10-12,16,18H,7-9,13H2,1-6H3,(H,23,25)/t16-,18+/m0/s1. The highest BCUT2D eigenvalue weighted by Crippen LogP contribution is 2.24. The van der Waals surface area contributed by atoms with Gasteiger partial charge in [-0.25, -0.2) is 4.79 Å². The van der Waals surface area contributed by atoms with Crippen LogP contribution in [0.5, 0.6) is 0 Å². The highest BCUT2D eigenvalue weighted by Gasteiger charge is 2.36. The van der Waals surface area contributed by atoms with Crippen molar-refractivity contribution in [3.8, 4) is 0 Å². The van der Waals surface area contributed by atoms with Crippen LogP contribution in [0, 0.1) is 25.2 Å². The normalized spacial score (nSPS) is 18.4. The number of nitrogens with zero attached hydrogens (tertiary/aromatic N) is 1. The van der Waals surface area contributed by atoms with Gasteiger partial charge in [0.25, 0.3) is 5.91 Å². The van der Waals surface area contributed by atoms with E-state index >= 15 is 0 Å². The summed E-state index contributed by atoms with van der Waals surface area (Å²) in [6.07, 6.45) is 1.45. The summed E-state index contributed by atoms with van der Waals surface area (Å²) < 4.78 is 4.85. The van der Waals surface area contributed by atoms with Gasteiger partial charge in [-0.1, -0.05) is 38.0 Å². The Morgan fingerprint density at radius 2 is 1.75 bits per heavy atom. The van der Waals surface area contributed by atoms with Gasteiger partial charge < -0.3 is 15.0 Å². The number of esters is 1. The van der Waals surface area contributed by atoms with Gasteiger partial charge in [0.15, 0.2) is 0 Å². The van der Waals surface area contributed by atoms with Crippen LogP contribution in [0.4, 0.5) is 0 Å². The first-order valence-electron chi connectivity index (χ1n) is 9.78. The van der Waals surface area contributed by atoms with Crippen LogP contribution < -0.4 is 5.32 Å². The first-order valence-corrected chi connectivity index (χ1v) is 9.78. The van der Waals surface area contributed by atoms with Crippen LogP contribution in [-0.4, -0.2) is 48.9 Å². The lowest BCUT2D eigenvalue weighted by Crippen LogP contribution is -2.53. The molecule has 1 heterocycles. The zero-order valence-electron chi connectivity index (χ0n) is 17.8. The predicted octanol–water partition coefficient (Wildman–Crippen LogP) is 2.86. The predicted molar refractivity (Wildman–Crippen MR) is 108 cm³/mol. The number of aryl methyl sites for hydroxylation is 2. The van der Waals surface area contributed by atoms with Crippen LogP contribution >= 0.6 is 0 Å². The van der Waals surface area contributed by atoms with Gasteiger partial charge in [0.05, 0.1) is 13.0 Å². The largest absolute Gasteiger partial charge is 0.467 e. The van der Waals surface area contributed by atoms with Crippen molar-refractivity contribution in [2.75, 3.05) is 20.2 Å². The number of methoxy groups -OCH3 is 1. The summed E-state index contributed by atoms with van der Waals surface area (Å²) in [7, 11) is 1.32. The minimum absolute atomic E-state index is 0.0513. The Morgan fingerprint density at radius 3 is 2.29 bits per heavy atom. The molecule has 1 aliphatic heterocycles. The Kier molecular flexibility index (Phi) is 6.86. The zero-order valence-corrected chi connectivity index (χ0v) is 17.8. The van der Waals surface area contributed by atoms with Gasteiger partial charge in [0.2, 0.25) is 5.91 Å². The third-order valence-corrected chi connectivity index (χ3v) is 5.14. The maximum absolute atomic E-state index is 12.9. The molecule has 28 heavy (non-hydrogen) atoms. The van der Waals surface area contributed by atoms with Gasteiger partial charge in [0.1, 0.15) is 6.04 Å². The number of hydrogen-bond donors (Lipinski definition) is 1. The maximum atomic E-state index is 12.9. The molecule has 154 valence electrons. The van der Waals surface area contributed by atoms with Crippen molar-refractivity contribution in [2.24, 2.45) is 11.3 Å². The lowest BCUT2D eigenvalue weighted by molar-refractivity contribution is -0.149. The van der Waals surface area contributed by atoms with Crippen LogP contribution in [0.15, 0.2) is 18.2 Å². The minimum Gasteiger partial charge on any atom is -0.467 e. The minimum atomic E-state index is -0.726. The van der Waals surface area contributed by atoms with E-state index in [0.29, 0.717) is 25.1 Å². The quantitative estimate of drug-likeness (QED) is 0.805. The summed E-state index contributed by atoms with van der Waals surface area (Å²) in [6.45, 7) is 10.6. The molecule has 0 radical (unpaired) electrons. The lowest BCUT2D eigenvalue weighted by Gasteiger charge is -2.35. The molecule has 1 saturated heterocycles. The number of carbonyl (C=O) groups is 3. The molecule has 0 saturated carbocycles. The smallest absolute Gasteiger partial charge is 0.328 e. The highest BCUT2D eigenvalue weighted by atomic mass is 16.5. The van der Waals surface area contributed by atoms with Crippen molar-refractivity contribution in [2.45, 2.75) is 53.5 Å². The molecule has 1 aromatic rings. The molecular formula is C22H32N2O4. The summed E-state index contributed by atoms with van der Waals surface area (Å²) in [5.41, 5.74) is 2.27. The van der Waals surface area contributed by atoms with E-state index in [-0.39, 0.29) is 17.7 Å². The van der Waals surface area contributed by atoms with Crippen molar-refractivity contribution in [1.29, 1.82) is 0 Å². The molecule has 1 fully saturated rings. The molecule has 2 amide bonds. The van der Waals surface area contributed by atoms with Gasteiger partial charge in [0, 0.05) is 18.7 Å². The Labute approximate surface area is 167 Å². The number of carbonyl (C=O) groups excluding carboxylic acids is 3. The van der Waals surface area contributed by atoms with Crippen molar-refractivity contribution in [3.05, 3.63) is 34.9 Å². The summed E-state index contributed by atoms with van der Waals surface area (Å²) >= 11 is 0. The van der Waals surface area contributed by atoms with Gasteiger partial charge in [-0.2, -0.15) is 0 Å². The van der Waals surface area contributed by atoms with E-state index in [1.165, 1.54) is 7.11 Å². The average Bonchev–Trinajstić information content (AvgIpc) is 2.63. The fourth-order valence-corrected chi connectivity index (χ4v) is 3.66. The van der Waals surface area contributed by atoms with Gasteiger partial charge in [-0.15, -0.1) is 0 Å². The second-order valence-corrected chi connectivity index (χ2v) is 8.80. The monoisotopic (exact) mass is 388 g/mol. The highest BCUT2D eigenvalue weighted by molar-refractivity contribution is 5.95. The molecule has 1 aliphatic rings. The number of hydrogen-bond acceptors (Lipinski definition) is 4. The third kappa shape index (κ3) is 5.33. The fourth-order valence-electron chi connectivity index (χ4n) is 3.66. The van der Waals surface area contributed by atoms with E-state index in [9.17, 15) is 14.4 Å². The van der Waals surface area contributed by atoms with E-state index in [0.717, 1.165) is 17.5 Å². The summed E-state index contributed by atoms with van der Waals surface area (Å²) in [5.74, 6) is -1.05. The summed E-state index contributed by atoms with van der Waals surface area (Å²) in [5, 5.41) is 2.84. The van der Waals surface area contributed by atoms with Gasteiger partial charge in [-0.05, 0) is 44.2 Å². The van der Waals surface area contributed by atoms with Gasteiger partial charge >= 0.3 is 5.97 Å². The van der Waals surface area contributed by atoms with Crippen molar-refractivity contribution in [3.63, 3.8) is 0 Å². The number of likely N-dealkylation sites (tertiary alicyclic amines) is 1. The first kappa shape index (κ1) is 21.9. The van der Waals surface area contributed by atoms with Gasteiger partial charge in [-0.3, -0.25) is 9.59 Å². The Balaban J connectivity index is 2.10. The molecule has 0 bridgehead atoms. The van der Waals surface area contributed by atoms with Crippen LogP contribution in [-0.2, 0) is 14.3 Å². The SMILES string of the molecule is COC(=O)[C@@H](NC(=O)[C@H]1CCCN(C(=O)c2cc(C)cc(C)c2)C1)C(C)(C)C. The van der Waals surface area contributed by atoms with E-state index in [4.69, 9.17) is 4.74 Å². The van der Waals surface area contributed by atoms with Crippen molar-refractivity contribution < 1.29 is 19.1 Å². The average molecular weight is 389 g/mol. The van der Waals surface area contributed by atoms with E-state index in [2.05, 4.69) is 5.32 Å². The first-order chi connectivity index (χ1) is 13.0. The Bertz CT molecular complexity index is 731. The molecule has 0 spiro atoms. The fraction of sp³-hybridized carbons (Fsp3) is 0.591. The third-order valence-electron chi connectivity index (χ3n) is 5.14. The second-order valence-electron chi connectivity index (χ2n) is 8.80. The number of ether oxygens (including phenoxy) is 1. The molecule has 6 heteroatoms. The molecule has 2 atom stereocenters. The molecular weight excluding hydrogens is 356 g/mol. The van der Waals surface area contributed by atoms with E-state index < -0.39 is 17.4 Å². The lowest BCUT2D eigenvalue weighted by atomic mass is 9.86. The van der Waals surface area contributed by atoms with Crippen molar-refractivity contribution >= 4 is 17.8 Å². The Morgan fingerprint density at radius 1 is 1.14 bits per heavy atom. The van der Waals surface area contributed by atoms with Crippen LogP contribution in [0.25, 0.3) is 0 Å². The number of amides is 2. The van der Waals surface area contributed by atoms with E-state index in [1.54, 1.807) is 4.90 Å². The topological polar surface area (TPSA) is 75.7 Å². The van der Waals surface area contributed by atoms with Crippen LogP contribution in [0.1, 0.15) is 55.1 Å². The second kappa shape index (κ2) is 8.76. The maximum Gasteiger partial charge on any atom is 0.328 e. The van der Waals surface area contributed by atoms with Crippen molar-refractivity contribution in [1.82, 2.24) is 10.2 Å². The molecule has 1 aromatic carbocycles. The number of nitrogens with one attached hydrogen (secondary N) is 1. The molecule has 1 N–H and O–H groups in total. The van der Waals surface area contributed by atoms with Crippen LogP contribution in [0.2, 0.25) is 0 Å². The number of benzene rings is 1. The Hall–Kier alpha value is -2.37. The molecule has 0 aromatic heterocycles. The molecule has 6 nitrogen and oxygen atoms in total. The zero-order chi connectivity index (χ0) is 21.1. The summed E-state index contributed by atoms with van der Waals surface area (Å²) in [4.78, 5) is 39.6. The van der Waals surface area contributed by atoms with E-state index in [1.807, 2.05) is 52.8 Å². The number of rotatable bonds is 4. The summed E-state index contributed by atoms with van der Waals surface area (Å²) in [6, 6.07) is 5.07.